The largest absolute Gasteiger partial charge is 0.478 e. The average Bonchev–Trinajstić information content (AvgIpc) is 3.06. The fourth-order valence-corrected chi connectivity index (χ4v) is 3.30. The zero-order valence-electron chi connectivity index (χ0n) is 11.7. The molecule has 1 aromatic carbocycles. The van der Waals surface area contributed by atoms with Gasteiger partial charge < -0.3 is 9.67 Å². The SMILES string of the molecule is Cc1c(C(=O)O)cc(-c2ccccc2)n1C1CCCC1. The molecule has 3 rings (SSSR count). The molecular formula is C17H19NO2. The van der Waals surface area contributed by atoms with Crippen molar-refractivity contribution in [2.24, 2.45) is 0 Å². The van der Waals surface area contributed by atoms with Crippen molar-refractivity contribution in [3.05, 3.63) is 47.7 Å². The van der Waals surface area contributed by atoms with Gasteiger partial charge in [-0.05, 0) is 31.4 Å². The van der Waals surface area contributed by atoms with Gasteiger partial charge >= 0.3 is 5.97 Å². The smallest absolute Gasteiger partial charge is 0.337 e. The van der Waals surface area contributed by atoms with E-state index in [9.17, 15) is 9.90 Å². The van der Waals surface area contributed by atoms with Crippen LogP contribution in [-0.2, 0) is 0 Å². The Morgan fingerprint density at radius 2 is 1.85 bits per heavy atom. The summed E-state index contributed by atoms with van der Waals surface area (Å²) in [6, 6.07) is 12.3. The van der Waals surface area contributed by atoms with Crippen molar-refractivity contribution in [2.45, 2.75) is 38.6 Å². The predicted octanol–water partition coefficient (Wildman–Crippen LogP) is 4.28. The molecule has 0 saturated heterocycles. The maximum absolute atomic E-state index is 11.4. The molecule has 0 atom stereocenters. The number of carboxylic acids is 1. The average molecular weight is 269 g/mol. The third-order valence-electron chi connectivity index (χ3n) is 4.28. The van der Waals surface area contributed by atoms with Crippen LogP contribution in [0.3, 0.4) is 0 Å². The maximum atomic E-state index is 11.4. The van der Waals surface area contributed by atoms with E-state index < -0.39 is 5.97 Å². The van der Waals surface area contributed by atoms with E-state index in [1.807, 2.05) is 43.3 Å². The van der Waals surface area contributed by atoms with E-state index in [2.05, 4.69) is 4.57 Å². The number of rotatable bonds is 3. The fourth-order valence-electron chi connectivity index (χ4n) is 3.30. The Hall–Kier alpha value is -2.03. The number of carboxylic acid groups (broad SMARTS) is 1. The summed E-state index contributed by atoms with van der Waals surface area (Å²) < 4.78 is 2.24. The lowest BCUT2D eigenvalue weighted by Gasteiger charge is -2.19. The summed E-state index contributed by atoms with van der Waals surface area (Å²) in [6.07, 6.45) is 4.76. The Labute approximate surface area is 118 Å². The van der Waals surface area contributed by atoms with Gasteiger partial charge in [0, 0.05) is 17.4 Å². The number of nitrogens with zero attached hydrogens (tertiary/aromatic N) is 1. The molecule has 0 aliphatic heterocycles. The molecule has 1 fully saturated rings. The van der Waals surface area contributed by atoms with Gasteiger partial charge in [-0.1, -0.05) is 43.2 Å². The van der Waals surface area contributed by atoms with Crippen LogP contribution in [0.4, 0.5) is 0 Å². The van der Waals surface area contributed by atoms with Crippen molar-refractivity contribution in [1.82, 2.24) is 4.57 Å². The van der Waals surface area contributed by atoms with Crippen molar-refractivity contribution in [3.8, 4) is 11.3 Å². The molecule has 1 aromatic heterocycles. The Morgan fingerprint density at radius 3 is 2.45 bits per heavy atom. The van der Waals surface area contributed by atoms with Crippen LogP contribution in [0.15, 0.2) is 36.4 Å². The molecule has 1 heterocycles. The van der Waals surface area contributed by atoms with E-state index in [0.717, 1.165) is 29.8 Å². The van der Waals surface area contributed by atoms with E-state index in [1.54, 1.807) is 0 Å². The van der Waals surface area contributed by atoms with Crippen molar-refractivity contribution in [2.75, 3.05) is 0 Å². The number of benzene rings is 1. The van der Waals surface area contributed by atoms with Crippen LogP contribution in [0.2, 0.25) is 0 Å². The van der Waals surface area contributed by atoms with Gasteiger partial charge in [0.2, 0.25) is 0 Å². The molecule has 0 spiro atoms. The minimum Gasteiger partial charge on any atom is -0.478 e. The Morgan fingerprint density at radius 1 is 1.20 bits per heavy atom. The van der Waals surface area contributed by atoms with Gasteiger partial charge in [0.1, 0.15) is 0 Å². The summed E-state index contributed by atoms with van der Waals surface area (Å²) in [6.45, 7) is 1.92. The van der Waals surface area contributed by atoms with Crippen LogP contribution in [0.25, 0.3) is 11.3 Å². The molecule has 3 heteroatoms. The number of aromatic nitrogens is 1. The van der Waals surface area contributed by atoms with Gasteiger partial charge in [-0.2, -0.15) is 0 Å². The van der Waals surface area contributed by atoms with Crippen LogP contribution in [-0.4, -0.2) is 15.6 Å². The van der Waals surface area contributed by atoms with E-state index in [1.165, 1.54) is 12.8 Å². The van der Waals surface area contributed by atoms with Gasteiger partial charge in [0.25, 0.3) is 0 Å². The maximum Gasteiger partial charge on any atom is 0.337 e. The standard InChI is InChI=1S/C17H19NO2/c1-12-15(17(19)20)11-16(13-7-3-2-4-8-13)18(12)14-9-5-6-10-14/h2-4,7-8,11,14H,5-6,9-10H2,1H3,(H,19,20). The first-order valence-electron chi connectivity index (χ1n) is 7.19. The highest BCUT2D eigenvalue weighted by Gasteiger charge is 2.25. The second kappa shape index (κ2) is 5.16. The molecule has 104 valence electrons. The Kier molecular flexibility index (Phi) is 3.35. The molecule has 1 N–H and O–H groups in total. The van der Waals surface area contributed by atoms with Gasteiger partial charge in [0.15, 0.2) is 0 Å². The van der Waals surface area contributed by atoms with Gasteiger partial charge in [-0.25, -0.2) is 4.79 Å². The quantitative estimate of drug-likeness (QED) is 0.903. The molecule has 3 nitrogen and oxygen atoms in total. The Balaban J connectivity index is 2.16. The molecule has 0 radical (unpaired) electrons. The molecule has 1 aliphatic carbocycles. The predicted molar refractivity (Wildman–Crippen MR) is 79.1 cm³/mol. The van der Waals surface area contributed by atoms with Crippen molar-refractivity contribution < 1.29 is 9.90 Å². The molecule has 2 aromatic rings. The molecular weight excluding hydrogens is 250 g/mol. The zero-order valence-corrected chi connectivity index (χ0v) is 11.7. The van der Waals surface area contributed by atoms with E-state index in [0.29, 0.717) is 11.6 Å². The molecule has 1 aliphatic rings. The normalized spacial score (nSPS) is 15.7. The molecule has 0 bridgehead atoms. The number of hydrogen-bond donors (Lipinski definition) is 1. The third kappa shape index (κ3) is 2.13. The Bertz CT molecular complexity index is 622. The molecule has 20 heavy (non-hydrogen) atoms. The van der Waals surface area contributed by atoms with E-state index in [4.69, 9.17) is 0 Å². The van der Waals surface area contributed by atoms with Gasteiger partial charge in [0.05, 0.1) is 5.56 Å². The van der Waals surface area contributed by atoms with Crippen LogP contribution in [0.1, 0.15) is 47.8 Å². The molecule has 0 amide bonds. The van der Waals surface area contributed by atoms with E-state index >= 15 is 0 Å². The second-order valence-corrected chi connectivity index (χ2v) is 5.51. The van der Waals surface area contributed by atoms with Crippen molar-refractivity contribution in [3.63, 3.8) is 0 Å². The first-order valence-corrected chi connectivity index (χ1v) is 7.19. The van der Waals surface area contributed by atoms with Crippen LogP contribution < -0.4 is 0 Å². The van der Waals surface area contributed by atoms with Crippen LogP contribution >= 0.6 is 0 Å². The zero-order chi connectivity index (χ0) is 14.1. The highest BCUT2D eigenvalue weighted by atomic mass is 16.4. The van der Waals surface area contributed by atoms with Gasteiger partial charge in [-0.15, -0.1) is 0 Å². The lowest BCUT2D eigenvalue weighted by Crippen LogP contribution is -2.09. The summed E-state index contributed by atoms with van der Waals surface area (Å²) >= 11 is 0. The number of hydrogen-bond acceptors (Lipinski definition) is 1. The fraction of sp³-hybridized carbons (Fsp3) is 0.353. The summed E-state index contributed by atoms with van der Waals surface area (Å²) in [5.74, 6) is -0.837. The topological polar surface area (TPSA) is 42.2 Å². The minimum absolute atomic E-state index is 0.427. The number of aromatic carboxylic acids is 1. The van der Waals surface area contributed by atoms with Crippen molar-refractivity contribution >= 4 is 5.97 Å². The molecule has 0 unspecified atom stereocenters. The van der Waals surface area contributed by atoms with Crippen LogP contribution in [0, 0.1) is 6.92 Å². The highest BCUT2D eigenvalue weighted by molar-refractivity contribution is 5.91. The second-order valence-electron chi connectivity index (χ2n) is 5.51. The minimum atomic E-state index is -0.837. The lowest BCUT2D eigenvalue weighted by atomic mass is 10.1. The van der Waals surface area contributed by atoms with E-state index in [-0.39, 0.29) is 0 Å². The van der Waals surface area contributed by atoms with Crippen molar-refractivity contribution in [1.29, 1.82) is 0 Å². The van der Waals surface area contributed by atoms with Gasteiger partial charge in [-0.3, -0.25) is 0 Å². The lowest BCUT2D eigenvalue weighted by molar-refractivity contribution is 0.0696. The summed E-state index contributed by atoms with van der Waals surface area (Å²) in [7, 11) is 0. The van der Waals surface area contributed by atoms with Crippen LogP contribution in [0.5, 0.6) is 0 Å². The first kappa shape index (κ1) is 13.0. The summed E-state index contributed by atoms with van der Waals surface area (Å²) in [5, 5.41) is 9.38. The highest BCUT2D eigenvalue weighted by Crippen LogP contribution is 2.37. The molecule has 1 saturated carbocycles. The number of carbonyl (C=O) groups is 1. The summed E-state index contributed by atoms with van der Waals surface area (Å²) in [4.78, 5) is 11.4. The summed E-state index contributed by atoms with van der Waals surface area (Å²) in [5.41, 5.74) is 3.43. The monoisotopic (exact) mass is 269 g/mol. The third-order valence-corrected chi connectivity index (χ3v) is 4.28. The first-order chi connectivity index (χ1) is 9.68.